The average Bonchev–Trinajstić information content (AvgIpc) is 2.94. The number of aryl methyl sites for hydroxylation is 1. The molecule has 0 atom stereocenters. The molecule has 2 aromatic carbocycles. The second-order valence-electron chi connectivity index (χ2n) is 6.49. The van der Waals surface area contributed by atoms with Gasteiger partial charge in [0.25, 0.3) is 0 Å². The van der Waals surface area contributed by atoms with Crippen LogP contribution in [0.2, 0.25) is 5.02 Å². The molecule has 1 heterocycles. The number of benzene rings is 2. The Kier molecular flexibility index (Phi) is 5.77. The molecule has 0 aliphatic rings. The van der Waals surface area contributed by atoms with Gasteiger partial charge >= 0.3 is 0 Å². The van der Waals surface area contributed by atoms with Crippen molar-refractivity contribution in [2.24, 2.45) is 0 Å². The maximum Gasteiger partial charge on any atom is 0.246 e. The van der Waals surface area contributed by atoms with Gasteiger partial charge in [-0.3, -0.25) is 4.79 Å². The minimum Gasteiger partial charge on any atom is -0.338 e. The third-order valence-corrected chi connectivity index (χ3v) is 4.66. The summed E-state index contributed by atoms with van der Waals surface area (Å²) in [5.74, 6) is -0.0683. The predicted octanol–water partition coefficient (Wildman–Crippen LogP) is 4.81. The van der Waals surface area contributed by atoms with E-state index < -0.39 is 0 Å². The Morgan fingerprint density at radius 1 is 1.15 bits per heavy atom. The fourth-order valence-corrected chi connectivity index (χ4v) is 3.20. The van der Waals surface area contributed by atoms with Crippen LogP contribution < -0.4 is 0 Å². The highest BCUT2D eigenvalue weighted by Crippen LogP contribution is 2.19. The van der Waals surface area contributed by atoms with Crippen molar-refractivity contribution in [3.8, 4) is 5.69 Å². The smallest absolute Gasteiger partial charge is 0.246 e. The quantitative estimate of drug-likeness (QED) is 0.596. The first-order valence-corrected chi connectivity index (χ1v) is 9.13. The van der Waals surface area contributed by atoms with Crippen molar-refractivity contribution in [1.29, 1.82) is 0 Å². The Morgan fingerprint density at radius 3 is 2.59 bits per heavy atom. The average molecular weight is 380 g/mol. The first kappa shape index (κ1) is 18.9. The maximum absolute atomic E-state index is 12.5. The van der Waals surface area contributed by atoms with Crippen molar-refractivity contribution >= 4 is 23.6 Å². The Hall–Kier alpha value is -2.85. The van der Waals surface area contributed by atoms with Crippen LogP contribution in [-0.4, -0.2) is 27.6 Å². The molecule has 0 spiro atoms. The number of aromatic nitrogens is 2. The van der Waals surface area contributed by atoms with Crippen LogP contribution in [0.3, 0.4) is 0 Å². The molecule has 5 heteroatoms. The number of para-hydroxylation sites is 1. The number of carbonyl (C=O) groups is 1. The van der Waals surface area contributed by atoms with E-state index in [0.717, 1.165) is 28.2 Å². The summed E-state index contributed by atoms with van der Waals surface area (Å²) < 4.78 is 1.90. The highest BCUT2D eigenvalue weighted by Gasteiger charge is 2.12. The monoisotopic (exact) mass is 379 g/mol. The fraction of sp³-hybridized carbons (Fsp3) is 0.182. The maximum atomic E-state index is 12.5. The van der Waals surface area contributed by atoms with Gasteiger partial charge in [-0.05, 0) is 49.8 Å². The van der Waals surface area contributed by atoms with Gasteiger partial charge in [-0.15, -0.1) is 0 Å². The van der Waals surface area contributed by atoms with Crippen LogP contribution in [0.4, 0.5) is 0 Å². The van der Waals surface area contributed by atoms with E-state index >= 15 is 0 Å². The zero-order valence-corrected chi connectivity index (χ0v) is 16.4. The lowest BCUT2D eigenvalue weighted by atomic mass is 10.1. The molecule has 0 aliphatic carbocycles. The molecule has 0 unspecified atom stereocenters. The molecule has 0 aliphatic heterocycles. The second kappa shape index (κ2) is 8.23. The minimum atomic E-state index is -0.0683. The zero-order valence-electron chi connectivity index (χ0n) is 15.7. The Labute approximate surface area is 164 Å². The van der Waals surface area contributed by atoms with Gasteiger partial charge in [-0.1, -0.05) is 41.9 Å². The van der Waals surface area contributed by atoms with Crippen LogP contribution in [0.25, 0.3) is 11.8 Å². The van der Waals surface area contributed by atoms with Crippen LogP contribution >= 0.6 is 11.6 Å². The lowest BCUT2D eigenvalue weighted by Gasteiger charge is -2.15. The largest absolute Gasteiger partial charge is 0.338 e. The van der Waals surface area contributed by atoms with Gasteiger partial charge in [0, 0.05) is 35.9 Å². The number of amides is 1. The molecular weight excluding hydrogens is 358 g/mol. The highest BCUT2D eigenvalue weighted by molar-refractivity contribution is 6.30. The Balaban J connectivity index is 1.75. The van der Waals surface area contributed by atoms with Crippen molar-refractivity contribution in [2.45, 2.75) is 20.4 Å². The summed E-state index contributed by atoms with van der Waals surface area (Å²) in [6.45, 7) is 4.46. The molecule has 0 N–H and O–H groups in total. The molecule has 3 aromatic rings. The van der Waals surface area contributed by atoms with Crippen LogP contribution in [0, 0.1) is 13.8 Å². The van der Waals surface area contributed by atoms with E-state index in [-0.39, 0.29) is 5.91 Å². The van der Waals surface area contributed by atoms with Gasteiger partial charge < -0.3 is 4.90 Å². The van der Waals surface area contributed by atoms with E-state index in [1.54, 1.807) is 18.0 Å². The molecule has 0 saturated heterocycles. The number of nitrogens with zero attached hydrogens (tertiary/aromatic N) is 3. The van der Waals surface area contributed by atoms with Gasteiger partial charge in [0.15, 0.2) is 0 Å². The number of halogens is 1. The summed E-state index contributed by atoms with van der Waals surface area (Å²) in [6, 6.07) is 17.5. The van der Waals surface area contributed by atoms with Gasteiger partial charge in [0.05, 0.1) is 11.4 Å². The summed E-state index contributed by atoms with van der Waals surface area (Å²) in [7, 11) is 1.78. The first-order valence-electron chi connectivity index (χ1n) is 8.75. The summed E-state index contributed by atoms with van der Waals surface area (Å²) >= 11 is 6.01. The van der Waals surface area contributed by atoms with Crippen molar-refractivity contribution in [1.82, 2.24) is 14.7 Å². The minimum absolute atomic E-state index is 0.0683. The summed E-state index contributed by atoms with van der Waals surface area (Å²) in [5, 5.41) is 5.28. The number of hydrogen-bond acceptors (Lipinski definition) is 2. The second-order valence-corrected chi connectivity index (χ2v) is 6.93. The molecule has 0 saturated carbocycles. The SMILES string of the molecule is Cc1nn(-c2ccccc2)c(C)c1/C=C/C(=O)N(C)Cc1cccc(Cl)c1. The van der Waals surface area contributed by atoms with Crippen molar-refractivity contribution in [3.63, 3.8) is 0 Å². The topological polar surface area (TPSA) is 38.1 Å². The summed E-state index contributed by atoms with van der Waals surface area (Å²) in [6.07, 6.45) is 3.44. The molecule has 3 rings (SSSR count). The third kappa shape index (κ3) is 4.47. The van der Waals surface area contributed by atoms with E-state index in [1.807, 2.05) is 79.2 Å². The lowest BCUT2D eigenvalue weighted by molar-refractivity contribution is -0.125. The Morgan fingerprint density at radius 2 is 1.89 bits per heavy atom. The molecule has 0 fully saturated rings. The first-order chi connectivity index (χ1) is 13.0. The van der Waals surface area contributed by atoms with Gasteiger partial charge in [-0.2, -0.15) is 5.10 Å². The van der Waals surface area contributed by atoms with Crippen molar-refractivity contribution in [3.05, 3.63) is 88.2 Å². The molecule has 4 nitrogen and oxygen atoms in total. The van der Waals surface area contributed by atoms with Crippen LogP contribution in [0.1, 0.15) is 22.5 Å². The molecule has 1 amide bonds. The van der Waals surface area contributed by atoms with Gasteiger partial charge in [0.1, 0.15) is 0 Å². The van der Waals surface area contributed by atoms with E-state index in [2.05, 4.69) is 5.10 Å². The number of rotatable bonds is 5. The van der Waals surface area contributed by atoms with E-state index in [4.69, 9.17) is 11.6 Å². The van der Waals surface area contributed by atoms with Gasteiger partial charge in [0.2, 0.25) is 5.91 Å². The number of likely N-dealkylation sites (N-methyl/N-ethyl adjacent to an activating group) is 1. The zero-order chi connectivity index (χ0) is 19.4. The Bertz CT molecular complexity index is 976. The molecule has 138 valence electrons. The summed E-state index contributed by atoms with van der Waals surface area (Å²) in [4.78, 5) is 14.1. The number of hydrogen-bond donors (Lipinski definition) is 0. The molecule has 0 radical (unpaired) electrons. The fourth-order valence-electron chi connectivity index (χ4n) is 2.99. The molecule has 0 bridgehead atoms. The number of carbonyl (C=O) groups excluding carboxylic acids is 1. The normalized spacial score (nSPS) is 11.1. The van der Waals surface area contributed by atoms with E-state index in [9.17, 15) is 4.79 Å². The highest BCUT2D eigenvalue weighted by atomic mass is 35.5. The lowest BCUT2D eigenvalue weighted by Crippen LogP contribution is -2.24. The molecular formula is C22H22ClN3O. The third-order valence-electron chi connectivity index (χ3n) is 4.43. The van der Waals surface area contributed by atoms with E-state index in [0.29, 0.717) is 11.6 Å². The predicted molar refractivity (Wildman–Crippen MR) is 110 cm³/mol. The van der Waals surface area contributed by atoms with Crippen LogP contribution in [0.15, 0.2) is 60.7 Å². The van der Waals surface area contributed by atoms with Crippen molar-refractivity contribution < 1.29 is 4.79 Å². The molecule has 1 aromatic heterocycles. The van der Waals surface area contributed by atoms with Crippen LogP contribution in [-0.2, 0) is 11.3 Å². The summed E-state index contributed by atoms with van der Waals surface area (Å²) in [5.41, 5.74) is 4.85. The van der Waals surface area contributed by atoms with Gasteiger partial charge in [-0.25, -0.2) is 4.68 Å². The standard InChI is InChI=1S/C22H22ClN3O/c1-16-21(17(2)26(24-16)20-10-5-4-6-11-20)12-13-22(27)25(3)15-18-8-7-9-19(23)14-18/h4-14H,15H2,1-3H3/b13-12+. The van der Waals surface area contributed by atoms with Crippen LogP contribution in [0.5, 0.6) is 0 Å². The van der Waals surface area contributed by atoms with E-state index in [1.165, 1.54) is 0 Å². The molecule has 27 heavy (non-hydrogen) atoms. The van der Waals surface area contributed by atoms with Crippen molar-refractivity contribution in [2.75, 3.05) is 7.05 Å².